The topological polar surface area (TPSA) is 139 Å². The zero-order valence-corrected chi connectivity index (χ0v) is 15.9. The third-order valence-electron chi connectivity index (χ3n) is 4.81. The molecule has 9 nitrogen and oxygen atoms in total. The molecular weight excluding hydrogens is 372 g/mol. The Labute approximate surface area is 168 Å². The molecule has 0 saturated heterocycles. The second kappa shape index (κ2) is 9.63. The maximum Gasteiger partial charge on any atom is 0.254 e. The van der Waals surface area contributed by atoms with Crippen LogP contribution >= 0.6 is 0 Å². The predicted octanol–water partition coefficient (Wildman–Crippen LogP) is 1.11. The van der Waals surface area contributed by atoms with Crippen LogP contribution < -0.4 is 21.7 Å². The molecular formula is C20H24N6O3. The van der Waals surface area contributed by atoms with Crippen molar-refractivity contribution in [1.29, 1.82) is 0 Å². The molecule has 1 saturated carbocycles. The number of rotatable bonds is 7. The number of carbonyl (C=O) groups is 3. The van der Waals surface area contributed by atoms with Crippen LogP contribution in [-0.2, 0) is 9.59 Å². The molecule has 0 spiro atoms. The van der Waals surface area contributed by atoms with E-state index >= 15 is 0 Å². The zero-order valence-electron chi connectivity index (χ0n) is 15.9. The molecule has 3 rings (SSSR count). The summed E-state index contributed by atoms with van der Waals surface area (Å²) < 4.78 is 0. The van der Waals surface area contributed by atoms with Crippen molar-refractivity contribution in [3.05, 3.63) is 48.3 Å². The summed E-state index contributed by atoms with van der Waals surface area (Å²) in [5.41, 5.74) is 6.28. The van der Waals surface area contributed by atoms with Crippen molar-refractivity contribution in [2.24, 2.45) is 11.7 Å². The lowest BCUT2D eigenvalue weighted by Crippen LogP contribution is -2.42. The number of nitrogens with two attached hydrogens (primary N) is 1. The first-order valence-electron chi connectivity index (χ1n) is 9.52. The van der Waals surface area contributed by atoms with Crippen molar-refractivity contribution in [2.75, 3.05) is 11.9 Å². The Bertz CT molecular complexity index is 848. The van der Waals surface area contributed by atoms with Gasteiger partial charge in [0.15, 0.2) is 0 Å². The largest absolute Gasteiger partial charge is 0.368 e. The molecule has 0 unspecified atom stereocenters. The van der Waals surface area contributed by atoms with Gasteiger partial charge in [-0.3, -0.25) is 14.4 Å². The van der Waals surface area contributed by atoms with Crippen LogP contribution in [0.3, 0.4) is 0 Å². The molecule has 152 valence electrons. The molecule has 0 bridgehead atoms. The molecule has 1 aromatic heterocycles. The Morgan fingerprint density at radius 2 is 1.66 bits per heavy atom. The smallest absolute Gasteiger partial charge is 0.254 e. The lowest BCUT2D eigenvalue weighted by molar-refractivity contribution is -0.128. The molecule has 0 aliphatic heterocycles. The monoisotopic (exact) mass is 396 g/mol. The second-order valence-corrected chi connectivity index (χ2v) is 6.99. The fourth-order valence-corrected chi connectivity index (χ4v) is 3.25. The van der Waals surface area contributed by atoms with Gasteiger partial charge in [-0.1, -0.05) is 18.2 Å². The zero-order chi connectivity index (χ0) is 20.6. The van der Waals surface area contributed by atoms with Gasteiger partial charge >= 0.3 is 0 Å². The molecule has 1 fully saturated rings. The van der Waals surface area contributed by atoms with Gasteiger partial charge in [-0.2, -0.15) is 0 Å². The van der Waals surface area contributed by atoms with E-state index in [1.54, 1.807) is 0 Å². The minimum absolute atomic E-state index is 0.00943. The van der Waals surface area contributed by atoms with Gasteiger partial charge in [0.25, 0.3) is 5.91 Å². The predicted molar refractivity (Wildman–Crippen MR) is 107 cm³/mol. The van der Waals surface area contributed by atoms with E-state index in [0.717, 1.165) is 5.69 Å². The van der Waals surface area contributed by atoms with Gasteiger partial charge in [-0.05, 0) is 37.8 Å². The minimum Gasteiger partial charge on any atom is -0.368 e. The third kappa shape index (κ3) is 6.00. The lowest BCUT2D eigenvalue weighted by Gasteiger charge is -2.28. The van der Waals surface area contributed by atoms with Crippen LogP contribution in [0.5, 0.6) is 0 Å². The minimum atomic E-state index is -0.563. The number of amides is 3. The van der Waals surface area contributed by atoms with Crippen molar-refractivity contribution in [2.45, 2.75) is 31.7 Å². The number of aromatic nitrogens is 2. The Kier molecular flexibility index (Phi) is 6.72. The van der Waals surface area contributed by atoms with Crippen molar-refractivity contribution in [3.63, 3.8) is 0 Å². The van der Waals surface area contributed by atoms with Crippen LogP contribution in [0.4, 0.5) is 11.6 Å². The van der Waals surface area contributed by atoms with Gasteiger partial charge < -0.3 is 21.7 Å². The molecule has 0 radical (unpaired) electrons. The fraction of sp³-hybridized carbons (Fsp3) is 0.350. The Hall–Kier alpha value is -3.49. The summed E-state index contributed by atoms with van der Waals surface area (Å²) in [7, 11) is 0. The quantitative estimate of drug-likeness (QED) is 0.553. The standard InChI is InChI=1S/C20H24N6O3/c21-17(27)12-22-18(28)13-6-8-16(9-7-13)25-19(29)14-10-23-20(24-11-14)26-15-4-2-1-3-5-15/h1-5,10-11,13,16H,6-9,12H2,(H2,21,27)(H,22,28)(H,25,29)(H,23,24,26). The molecule has 0 atom stereocenters. The summed E-state index contributed by atoms with van der Waals surface area (Å²) in [6.45, 7) is -0.148. The highest BCUT2D eigenvalue weighted by Gasteiger charge is 2.27. The summed E-state index contributed by atoms with van der Waals surface area (Å²) in [6, 6.07) is 9.51. The maximum atomic E-state index is 12.4. The summed E-state index contributed by atoms with van der Waals surface area (Å²) in [5.74, 6) is -0.711. The number of benzene rings is 1. The van der Waals surface area contributed by atoms with E-state index in [1.807, 2.05) is 30.3 Å². The van der Waals surface area contributed by atoms with Gasteiger partial charge in [0.1, 0.15) is 0 Å². The van der Waals surface area contributed by atoms with E-state index in [-0.39, 0.29) is 30.3 Å². The molecule has 29 heavy (non-hydrogen) atoms. The Morgan fingerprint density at radius 1 is 1.00 bits per heavy atom. The van der Waals surface area contributed by atoms with E-state index in [9.17, 15) is 14.4 Å². The number of hydrogen-bond acceptors (Lipinski definition) is 6. The summed E-state index contributed by atoms with van der Waals surface area (Å²) in [5, 5.41) is 8.56. The molecule has 1 aliphatic rings. The van der Waals surface area contributed by atoms with Crippen LogP contribution in [0, 0.1) is 5.92 Å². The van der Waals surface area contributed by atoms with Gasteiger partial charge in [-0.25, -0.2) is 9.97 Å². The Balaban J connectivity index is 1.46. The van der Waals surface area contributed by atoms with Crippen LogP contribution in [-0.4, -0.2) is 40.3 Å². The van der Waals surface area contributed by atoms with Crippen molar-refractivity contribution in [3.8, 4) is 0 Å². The van der Waals surface area contributed by atoms with Crippen LogP contribution in [0.2, 0.25) is 0 Å². The normalized spacial score (nSPS) is 18.5. The van der Waals surface area contributed by atoms with Crippen LogP contribution in [0.1, 0.15) is 36.0 Å². The van der Waals surface area contributed by atoms with Gasteiger partial charge in [0.2, 0.25) is 17.8 Å². The van der Waals surface area contributed by atoms with E-state index in [4.69, 9.17) is 5.73 Å². The molecule has 3 amide bonds. The highest BCUT2D eigenvalue weighted by atomic mass is 16.2. The number of nitrogens with zero attached hydrogens (tertiary/aromatic N) is 2. The first-order valence-corrected chi connectivity index (χ1v) is 9.52. The van der Waals surface area contributed by atoms with E-state index in [0.29, 0.717) is 37.2 Å². The number of primary amides is 1. The molecule has 5 N–H and O–H groups in total. The number of carbonyl (C=O) groups excluding carboxylic acids is 3. The van der Waals surface area contributed by atoms with E-state index in [1.165, 1.54) is 12.4 Å². The highest BCUT2D eigenvalue weighted by molar-refractivity contribution is 5.94. The molecule has 1 aromatic carbocycles. The summed E-state index contributed by atoms with van der Waals surface area (Å²) in [4.78, 5) is 43.5. The number of hydrogen-bond donors (Lipinski definition) is 4. The molecule has 1 heterocycles. The van der Waals surface area contributed by atoms with Crippen molar-refractivity contribution >= 4 is 29.4 Å². The molecule has 1 aliphatic carbocycles. The van der Waals surface area contributed by atoms with Crippen LogP contribution in [0.15, 0.2) is 42.7 Å². The summed E-state index contributed by atoms with van der Waals surface area (Å²) in [6.07, 6.45) is 5.63. The second-order valence-electron chi connectivity index (χ2n) is 6.99. The van der Waals surface area contributed by atoms with Gasteiger partial charge in [0, 0.05) is 30.0 Å². The SMILES string of the molecule is NC(=O)CNC(=O)C1CCC(NC(=O)c2cnc(Nc3ccccc3)nc2)CC1. The van der Waals surface area contributed by atoms with E-state index < -0.39 is 5.91 Å². The van der Waals surface area contributed by atoms with Gasteiger partial charge in [-0.15, -0.1) is 0 Å². The fourth-order valence-electron chi connectivity index (χ4n) is 3.25. The first kappa shape index (κ1) is 20.2. The van der Waals surface area contributed by atoms with Crippen LogP contribution in [0.25, 0.3) is 0 Å². The number of nitrogens with one attached hydrogen (secondary N) is 3. The Morgan fingerprint density at radius 3 is 2.28 bits per heavy atom. The number of anilines is 2. The molecule has 9 heteroatoms. The average Bonchev–Trinajstić information content (AvgIpc) is 2.74. The average molecular weight is 396 g/mol. The molecule has 2 aromatic rings. The maximum absolute atomic E-state index is 12.4. The lowest BCUT2D eigenvalue weighted by atomic mass is 9.85. The highest BCUT2D eigenvalue weighted by Crippen LogP contribution is 2.24. The van der Waals surface area contributed by atoms with Gasteiger partial charge in [0.05, 0.1) is 12.1 Å². The van der Waals surface area contributed by atoms with Crippen molar-refractivity contribution < 1.29 is 14.4 Å². The first-order chi connectivity index (χ1) is 14.0. The van der Waals surface area contributed by atoms with E-state index in [2.05, 4.69) is 25.9 Å². The third-order valence-corrected chi connectivity index (χ3v) is 4.81. The van der Waals surface area contributed by atoms with Crippen molar-refractivity contribution in [1.82, 2.24) is 20.6 Å². The number of para-hydroxylation sites is 1. The summed E-state index contributed by atoms with van der Waals surface area (Å²) >= 11 is 0.